The second kappa shape index (κ2) is 5.98. The number of hydrogen-bond acceptors (Lipinski definition) is 4. The zero-order valence-corrected chi connectivity index (χ0v) is 10.8. The summed E-state index contributed by atoms with van der Waals surface area (Å²) in [5.41, 5.74) is 5.44. The highest BCUT2D eigenvalue weighted by Gasteiger charge is 2.20. The SMILES string of the molecule is CCC1CCC(CNc2nc(N)ncc2F)CC1. The molecular weight excluding hydrogens is 231 g/mol. The van der Waals surface area contributed by atoms with E-state index >= 15 is 0 Å². The van der Waals surface area contributed by atoms with Gasteiger partial charge >= 0.3 is 0 Å². The van der Waals surface area contributed by atoms with E-state index in [9.17, 15) is 4.39 Å². The van der Waals surface area contributed by atoms with Crippen LogP contribution in [-0.4, -0.2) is 16.5 Å². The number of nitrogens with zero attached hydrogens (tertiary/aromatic N) is 2. The highest BCUT2D eigenvalue weighted by atomic mass is 19.1. The number of hydrogen-bond donors (Lipinski definition) is 2. The van der Waals surface area contributed by atoms with Gasteiger partial charge in [0.05, 0.1) is 6.20 Å². The minimum absolute atomic E-state index is 0.105. The van der Waals surface area contributed by atoms with Crippen molar-refractivity contribution in [2.75, 3.05) is 17.6 Å². The molecule has 1 heterocycles. The summed E-state index contributed by atoms with van der Waals surface area (Å²) in [6, 6.07) is 0. The molecule has 0 aliphatic heterocycles. The molecule has 3 N–H and O–H groups in total. The molecule has 4 nitrogen and oxygen atoms in total. The minimum atomic E-state index is -0.438. The molecule has 1 aliphatic rings. The second-order valence-corrected chi connectivity index (χ2v) is 5.10. The van der Waals surface area contributed by atoms with Crippen molar-refractivity contribution in [3.63, 3.8) is 0 Å². The van der Waals surface area contributed by atoms with Crippen molar-refractivity contribution in [1.82, 2.24) is 9.97 Å². The standard InChI is InChI=1S/C13H21FN4/c1-2-9-3-5-10(6-4-9)7-16-12-11(14)8-17-13(15)18-12/h8-10H,2-7H2,1H3,(H3,15,16,17,18). The van der Waals surface area contributed by atoms with Crippen LogP contribution in [0.25, 0.3) is 0 Å². The van der Waals surface area contributed by atoms with E-state index in [2.05, 4.69) is 22.2 Å². The van der Waals surface area contributed by atoms with Crippen molar-refractivity contribution in [2.45, 2.75) is 39.0 Å². The van der Waals surface area contributed by atoms with Crippen LogP contribution in [0.5, 0.6) is 0 Å². The summed E-state index contributed by atoms with van der Waals surface area (Å²) in [5, 5.41) is 3.05. The van der Waals surface area contributed by atoms with Crippen LogP contribution in [0.4, 0.5) is 16.2 Å². The fourth-order valence-electron chi connectivity index (χ4n) is 2.59. The van der Waals surface area contributed by atoms with E-state index in [1.54, 1.807) is 0 Å². The number of aromatic nitrogens is 2. The first-order valence-corrected chi connectivity index (χ1v) is 6.71. The summed E-state index contributed by atoms with van der Waals surface area (Å²) in [6.07, 6.45) is 7.39. The fourth-order valence-corrected chi connectivity index (χ4v) is 2.59. The van der Waals surface area contributed by atoms with Crippen molar-refractivity contribution in [3.05, 3.63) is 12.0 Å². The number of rotatable bonds is 4. The lowest BCUT2D eigenvalue weighted by atomic mass is 9.81. The number of nitrogen functional groups attached to an aromatic ring is 1. The van der Waals surface area contributed by atoms with E-state index < -0.39 is 5.82 Å². The maximum absolute atomic E-state index is 13.4. The predicted molar refractivity (Wildman–Crippen MR) is 70.6 cm³/mol. The molecule has 5 heteroatoms. The molecule has 18 heavy (non-hydrogen) atoms. The molecule has 0 spiro atoms. The Kier molecular flexibility index (Phi) is 4.33. The Morgan fingerprint density at radius 3 is 2.67 bits per heavy atom. The number of nitrogens with two attached hydrogens (primary N) is 1. The molecule has 0 saturated heterocycles. The van der Waals surface area contributed by atoms with Crippen LogP contribution in [0.15, 0.2) is 6.20 Å². The van der Waals surface area contributed by atoms with Crippen molar-refractivity contribution >= 4 is 11.8 Å². The van der Waals surface area contributed by atoms with Gasteiger partial charge in [0.15, 0.2) is 11.6 Å². The molecule has 100 valence electrons. The van der Waals surface area contributed by atoms with Crippen molar-refractivity contribution in [1.29, 1.82) is 0 Å². The van der Waals surface area contributed by atoms with Gasteiger partial charge in [-0.05, 0) is 24.7 Å². The third kappa shape index (κ3) is 3.31. The van der Waals surface area contributed by atoms with Gasteiger partial charge in [-0.15, -0.1) is 0 Å². The molecule has 0 amide bonds. The summed E-state index contributed by atoms with van der Waals surface area (Å²) in [7, 11) is 0. The molecule has 0 aromatic carbocycles. The monoisotopic (exact) mass is 252 g/mol. The van der Waals surface area contributed by atoms with E-state index in [0.29, 0.717) is 5.92 Å². The molecule has 1 aromatic rings. The Hall–Kier alpha value is -1.39. The van der Waals surface area contributed by atoms with Crippen molar-refractivity contribution < 1.29 is 4.39 Å². The largest absolute Gasteiger partial charge is 0.368 e. The van der Waals surface area contributed by atoms with Gasteiger partial charge in [0, 0.05) is 6.54 Å². The smallest absolute Gasteiger partial charge is 0.222 e. The van der Waals surface area contributed by atoms with E-state index in [1.165, 1.54) is 32.1 Å². The normalized spacial score (nSPS) is 23.9. The number of halogens is 1. The summed E-state index contributed by atoms with van der Waals surface area (Å²) < 4.78 is 13.4. The summed E-state index contributed by atoms with van der Waals surface area (Å²) >= 11 is 0. The number of anilines is 2. The molecule has 1 aromatic heterocycles. The zero-order chi connectivity index (χ0) is 13.0. The van der Waals surface area contributed by atoms with Gasteiger partial charge in [-0.25, -0.2) is 9.37 Å². The Labute approximate surface area is 107 Å². The third-order valence-corrected chi connectivity index (χ3v) is 3.86. The fraction of sp³-hybridized carbons (Fsp3) is 0.692. The lowest BCUT2D eigenvalue weighted by molar-refractivity contribution is 0.278. The third-order valence-electron chi connectivity index (χ3n) is 3.86. The van der Waals surface area contributed by atoms with Gasteiger partial charge in [-0.3, -0.25) is 0 Å². The van der Waals surface area contributed by atoms with E-state index in [4.69, 9.17) is 5.73 Å². The van der Waals surface area contributed by atoms with Crippen LogP contribution in [0.2, 0.25) is 0 Å². The van der Waals surface area contributed by atoms with Gasteiger partial charge in [0.25, 0.3) is 0 Å². The molecule has 1 saturated carbocycles. The molecular formula is C13H21FN4. The van der Waals surface area contributed by atoms with Crippen LogP contribution >= 0.6 is 0 Å². The molecule has 2 rings (SSSR count). The van der Waals surface area contributed by atoms with Crippen LogP contribution in [0.3, 0.4) is 0 Å². The van der Waals surface area contributed by atoms with Gasteiger partial charge in [0.2, 0.25) is 5.95 Å². The molecule has 0 unspecified atom stereocenters. The van der Waals surface area contributed by atoms with E-state index in [1.807, 2.05) is 0 Å². The quantitative estimate of drug-likeness (QED) is 0.865. The highest BCUT2D eigenvalue weighted by molar-refractivity contribution is 5.39. The Morgan fingerprint density at radius 1 is 1.33 bits per heavy atom. The molecule has 1 aliphatic carbocycles. The zero-order valence-electron chi connectivity index (χ0n) is 10.8. The Balaban J connectivity index is 1.83. The van der Waals surface area contributed by atoms with Gasteiger partial charge < -0.3 is 11.1 Å². The average molecular weight is 252 g/mol. The average Bonchev–Trinajstić information content (AvgIpc) is 2.40. The first kappa shape index (κ1) is 13.1. The maximum atomic E-state index is 13.4. The van der Waals surface area contributed by atoms with Crippen LogP contribution < -0.4 is 11.1 Å². The summed E-state index contributed by atoms with van der Waals surface area (Å²) in [5.74, 6) is 1.39. The van der Waals surface area contributed by atoms with Crippen molar-refractivity contribution in [2.24, 2.45) is 11.8 Å². The lowest BCUT2D eigenvalue weighted by Crippen LogP contribution is -2.22. The number of nitrogens with one attached hydrogen (secondary N) is 1. The van der Waals surface area contributed by atoms with E-state index in [0.717, 1.165) is 18.7 Å². The Bertz CT molecular complexity index is 389. The first-order valence-electron chi connectivity index (χ1n) is 6.71. The first-order chi connectivity index (χ1) is 8.69. The van der Waals surface area contributed by atoms with E-state index in [-0.39, 0.29) is 11.8 Å². The second-order valence-electron chi connectivity index (χ2n) is 5.10. The summed E-state index contributed by atoms with van der Waals surface area (Å²) in [4.78, 5) is 7.48. The Morgan fingerprint density at radius 2 is 2.00 bits per heavy atom. The van der Waals surface area contributed by atoms with Gasteiger partial charge in [0.1, 0.15) is 0 Å². The van der Waals surface area contributed by atoms with Gasteiger partial charge in [-0.2, -0.15) is 4.98 Å². The molecule has 1 fully saturated rings. The summed E-state index contributed by atoms with van der Waals surface area (Å²) in [6.45, 7) is 3.02. The van der Waals surface area contributed by atoms with Crippen LogP contribution in [0.1, 0.15) is 39.0 Å². The predicted octanol–water partition coefficient (Wildman–Crippen LogP) is 2.83. The maximum Gasteiger partial charge on any atom is 0.222 e. The lowest BCUT2D eigenvalue weighted by Gasteiger charge is -2.28. The van der Waals surface area contributed by atoms with Gasteiger partial charge in [-0.1, -0.05) is 26.2 Å². The molecule has 0 atom stereocenters. The van der Waals surface area contributed by atoms with Crippen molar-refractivity contribution in [3.8, 4) is 0 Å². The highest BCUT2D eigenvalue weighted by Crippen LogP contribution is 2.30. The minimum Gasteiger partial charge on any atom is -0.368 e. The molecule has 0 bridgehead atoms. The van der Waals surface area contributed by atoms with Crippen LogP contribution in [0, 0.1) is 17.7 Å². The molecule has 0 radical (unpaired) electrons. The van der Waals surface area contributed by atoms with Crippen LogP contribution in [-0.2, 0) is 0 Å². The topological polar surface area (TPSA) is 63.8 Å².